The molecule has 4 aromatic rings. The molecule has 0 saturated heterocycles. The maximum Gasteiger partial charge on any atom is 0.256 e. The summed E-state index contributed by atoms with van der Waals surface area (Å²) in [4.78, 5) is 18.1. The van der Waals surface area contributed by atoms with Crippen molar-refractivity contribution in [2.24, 2.45) is 0 Å². The number of carbonyl (C=O) groups is 1. The first-order valence-corrected chi connectivity index (χ1v) is 9.89. The molecule has 4 rings (SSSR count). The number of hydrogen-bond acceptors (Lipinski definition) is 3. The first kappa shape index (κ1) is 19.6. The molecule has 150 valence electrons. The highest BCUT2D eigenvalue weighted by molar-refractivity contribution is 6.13. The van der Waals surface area contributed by atoms with Gasteiger partial charge in [0.2, 0.25) is 0 Å². The third kappa shape index (κ3) is 3.90. The highest BCUT2D eigenvalue weighted by Gasteiger charge is 2.16. The Morgan fingerprint density at radius 1 is 0.867 bits per heavy atom. The first-order chi connectivity index (χ1) is 14.4. The van der Waals surface area contributed by atoms with E-state index in [1.807, 2.05) is 81.4 Å². The maximum absolute atomic E-state index is 13.3. The second-order valence-electron chi connectivity index (χ2n) is 7.58. The number of aryl methyl sites for hydroxylation is 3. The van der Waals surface area contributed by atoms with Crippen LogP contribution in [0.3, 0.4) is 0 Å². The molecule has 1 aromatic heterocycles. The summed E-state index contributed by atoms with van der Waals surface area (Å²) in [6.07, 6.45) is 0. The van der Waals surface area contributed by atoms with Gasteiger partial charge in [-0.1, -0.05) is 29.3 Å². The molecule has 4 nitrogen and oxygen atoms in total. The molecule has 0 unspecified atom stereocenters. The van der Waals surface area contributed by atoms with E-state index < -0.39 is 0 Å². The lowest BCUT2D eigenvalue weighted by Crippen LogP contribution is -2.13. The van der Waals surface area contributed by atoms with Gasteiger partial charge in [0.05, 0.1) is 23.9 Å². The van der Waals surface area contributed by atoms with E-state index in [2.05, 4.69) is 11.4 Å². The number of nitrogens with one attached hydrogen (secondary N) is 1. The minimum atomic E-state index is -0.147. The lowest BCUT2D eigenvalue weighted by atomic mass is 9.99. The van der Waals surface area contributed by atoms with Crippen LogP contribution in [0.1, 0.15) is 27.0 Å². The van der Waals surface area contributed by atoms with Crippen molar-refractivity contribution >= 4 is 22.5 Å². The van der Waals surface area contributed by atoms with E-state index in [4.69, 9.17) is 9.72 Å². The van der Waals surface area contributed by atoms with Crippen LogP contribution in [-0.4, -0.2) is 18.0 Å². The summed E-state index contributed by atoms with van der Waals surface area (Å²) >= 11 is 0. The number of nitrogens with zero attached hydrogens (tertiary/aromatic N) is 1. The first-order valence-electron chi connectivity index (χ1n) is 9.89. The molecule has 0 aliphatic rings. The molecule has 30 heavy (non-hydrogen) atoms. The minimum Gasteiger partial charge on any atom is -0.497 e. The molecule has 0 radical (unpaired) electrons. The Morgan fingerprint density at radius 3 is 2.23 bits per heavy atom. The molecule has 0 aliphatic carbocycles. The van der Waals surface area contributed by atoms with Crippen LogP contribution in [0.4, 0.5) is 5.69 Å². The van der Waals surface area contributed by atoms with Crippen molar-refractivity contribution < 1.29 is 9.53 Å². The van der Waals surface area contributed by atoms with Crippen molar-refractivity contribution in [3.63, 3.8) is 0 Å². The molecule has 4 heteroatoms. The number of pyridine rings is 1. The van der Waals surface area contributed by atoms with E-state index in [1.54, 1.807) is 7.11 Å². The fourth-order valence-corrected chi connectivity index (χ4v) is 3.61. The van der Waals surface area contributed by atoms with Crippen LogP contribution in [0.15, 0.2) is 66.7 Å². The van der Waals surface area contributed by atoms with Gasteiger partial charge in [0.25, 0.3) is 5.91 Å². The fourth-order valence-electron chi connectivity index (χ4n) is 3.61. The Hall–Kier alpha value is -3.66. The van der Waals surface area contributed by atoms with E-state index >= 15 is 0 Å². The summed E-state index contributed by atoms with van der Waals surface area (Å²) in [6.45, 7) is 6.09. The van der Waals surface area contributed by atoms with Gasteiger partial charge < -0.3 is 10.1 Å². The number of rotatable bonds is 4. The highest BCUT2D eigenvalue weighted by Crippen LogP contribution is 2.29. The number of fused-ring (bicyclic) bond motifs is 1. The Morgan fingerprint density at radius 2 is 1.57 bits per heavy atom. The predicted molar refractivity (Wildman–Crippen MR) is 122 cm³/mol. The van der Waals surface area contributed by atoms with E-state index in [0.717, 1.165) is 50.3 Å². The third-order valence-electron chi connectivity index (χ3n) is 5.19. The van der Waals surface area contributed by atoms with E-state index in [1.165, 1.54) is 0 Å². The summed E-state index contributed by atoms with van der Waals surface area (Å²) < 4.78 is 5.26. The Labute approximate surface area is 176 Å². The van der Waals surface area contributed by atoms with Crippen molar-refractivity contribution in [1.82, 2.24) is 4.98 Å². The lowest BCUT2D eigenvalue weighted by Gasteiger charge is -2.13. The fraction of sp³-hybridized carbons (Fsp3) is 0.154. The van der Waals surface area contributed by atoms with Crippen LogP contribution < -0.4 is 10.1 Å². The SMILES string of the molecule is COc1ccc(-c2cc(C(=O)Nc3ccc(C)cc3)c3cc(C)cc(C)c3n2)cc1. The molecule has 0 bridgehead atoms. The van der Waals surface area contributed by atoms with Gasteiger partial charge in [-0.2, -0.15) is 0 Å². The van der Waals surface area contributed by atoms with Crippen LogP contribution in [-0.2, 0) is 0 Å². The van der Waals surface area contributed by atoms with Crippen molar-refractivity contribution in [2.45, 2.75) is 20.8 Å². The minimum absolute atomic E-state index is 0.147. The Kier molecular flexibility index (Phi) is 5.23. The monoisotopic (exact) mass is 396 g/mol. The predicted octanol–water partition coefficient (Wildman–Crippen LogP) is 6.09. The summed E-state index contributed by atoms with van der Waals surface area (Å²) in [5.41, 5.74) is 7.20. The summed E-state index contributed by atoms with van der Waals surface area (Å²) in [6, 6.07) is 21.5. The second-order valence-corrected chi connectivity index (χ2v) is 7.58. The van der Waals surface area contributed by atoms with Crippen LogP contribution in [0.5, 0.6) is 5.75 Å². The van der Waals surface area contributed by atoms with Gasteiger partial charge in [-0.15, -0.1) is 0 Å². The molecule has 0 fully saturated rings. The largest absolute Gasteiger partial charge is 0.497 e. The van der Waals surface area contributed by atoms with Gasteiger partial charge in [-0.3, -0.25) is 4.79 Å². The van der Waals surface area contributed by atoms with Gasteiger partial charge >= 0.3 is 0 Å². The number of ether oxygens (including phenoxy) is 1. The Bertz CT molecular complexity index is 1230. The number of hydrogen-bond donors (Lipinski definition) is 1. The van der Waals surface area contributed by atoms with Crippen LogP contribution in [0, 0.1) is 20.8 Å². The number of methoxy groups -OCH3 is 1. The van der Waals surface area contributed by atoms with E-state index in [0.29, 0.717) is 5.56 Å². The standard InChI is InChI=1S/C26H24N2O2/c1-16-5-9-20(10-6-16)27-26(29)23-15-24(19-7-11-21(30-4)12-8-19)28-25-18(3)13-17(2)14-22(23)25/h5-15H,1-4H3,(H,27,29). The Balaban J connectivity index is 1.85. The number of anilines is 1. The zero-order chi connectivity index (χ0) is 21.3. The van der Waals surface area contributed by atoms with Gasteiger partial charge in [-0.25, -0.2) is 4.98 Å². The lowest BCUT2D eigenvalue weighted by molar-refractivity contribution is 0.102. The molecular formula is C26H24N2O2. The molecular weight excluding hydrogens is 372 g/mol. The van der Waals surface area contributed by atoms with Crippen molar-refractivity contribution in [3.05, 3.63) is 89.0 Å². The summed E-state index contributed by atoms with van der Waals surface area (Å²) in [5, 5.41) is 3.88. The van der Waals surface area contributed by atoms with Gasteiger partial charge in [0.15, 0.2) is 0 Å². The van der Waals surface area contributed by atoms with Gasteiger partial charge in [0.1, 0.15) is 5.75 Å². The zero-order valence-electron chi connectivity index (χ0n) is 17.6. The third-order valence-corrected chi connectivity index (χ3v) is 5.19. The number of aromatic nitrogens is 1. The highest BCUT2D eigenvalue weighted by atomic mass is 16.5. The molecule has 0 spiro atoms. The second kappa shape index (κ2) is 7.99. The number of benzene rings is 3. The molecule has 0 aliphatic heterocycles. The van der Waals surface area contributed by atoms with E-state index in [9.17, 15) is 4.79 Å². The average molecular weight is 396 g/mol. The van der Waals surface area contributed by atoms with Crippen molar-refractivity contribution in [1.29, 1.82) is 0 Å². The molecule has 1 heterocycles. The summed E-state index contributed by atoms with van der Waals surface area (Å²) in [7, 11) is 1.64. The van der Waals surface area contributed by atoms with Crippen LogP contribution in [0.25, 0.3) is 22.2 Å². The molecule has 1 amide bonds. The summed E-state index contributed by atoms with van der Waals surface area (Å²) in [5.74, 6) is 0.634. The normalized spacial score (nSPS) is 10.8. The number of amides is 1. The van der Waals surface area contributed by atoms with Gasteiger partial charge in [-0.05, 0) is 74.9 Å². The molecule has 0 atom stereocenters. The molecule has 1 N–H and O–H groups in total. The van der Waals surface area contributed by atoms with E-state index in [-0.39, 0.29) is 5.91 Å². The quantitative estimate of drug-likeness (QED) is 0.454. The maximum atomic E-state index is 13.3. The van der Waals surface area contributed by atoms with Crippen molar-refractivity contribution in [2.75, 3.05) is 12.4 Å². The molecule has 0 saturated carbocycles. The van der Waals surface area contributed by atoms with Crippen LogP contribution in [0.2, 0.25) is 0 Å². The average Bonchev–Trinajstić information content (AvgIpc) is 2.75. The topological polar surface area (TPSA) is 51.2 Å². The van der Waals surface area contributed by atoms with Gasteiger partial charge in [0, 0.05) is 16.6 Å². The zero-order valence-corrected chi connectivity index (χ0v) is 17.6. The number of carbonyl (C=O) groups excluding carboxylic acids is 1. The van der Waals surface area contributed by atoms with Crippen LogP contribution >= 0.6 is 0 Å². The van der Waals surface area contributed by atoms with Crippen molar-refractivity contribution in [3.8, 4) is 17.0 Å². The smallest absolute Gasteiger partial charge is 0.256 e. The molecule has 3 aromatic carbocycles.